The minimum atomic E-state index is -0.842. The summed E-state index contributed by atoms with van der Waals surface area (Å²) in [6, 6.07) is 11.3. The zero-order valence-corrected chi connectivity index (χ0v) is 19.3. The van der Waals surface area contributed by atoms with E-state index in [1.807, 2.05) is 6.92 Å². The lowest BCUT2D eigenvalue weighted by atomic mass is 9.95. The molecule has 10 heteroatoms. The van der Waals surface area contributed by atoms with Crippen molar-refractivity contribution in [1.29, 1.82) is 0 Å². The van der Waals surface area contributed by atoms with Crippen molar-refractivity contribution in [3.05, 3.63) is 85.8 Å². The Hall–Kier alpha value is -3.13. The van der Waals surface area contributed by atoms with Gasteiger partial charge < -0.3 is 4.98 Å². The highest BCUT2D eigenvalue weighted by Gasteiger charge is 2.48. The summed E-state index contributed by atoms with van der Waals surface area (Å²) in [6.45, 7) is 1.86. The average molecular weight is 502 g/mol. The van der Waals surface area contributed by atoms with Gasteiger partial charge >= 0.3 is 0 Å². The van der Waals surface area contributed by atoms with Crippen LogP contribution in [0.2, 0.25) is 10.2 Å². The Labute approximate surface area is 202 Å². The van der Waals surface area contributed by atoms with Crippen molar-refractivity contribution >= 4 is 68.4 Å². The second-order valence-electron chi connectivity index (χ2n) is 7.73. The summed E-state index contributed by atoms with van der Waals surface area (Å²) in [5.41, 5.74) is 4.55. The van der Waals surface area contributed by atoms with Crippen LogP contribution >= 0.6 is 34.8 Å². The second kappa shape index (κ2) is 8.02. The van der Waals surface area contributed by atoms with E-state index in [0.29, 0.717) is 21.3 Å². The number of alkyl halides is 1. The Kier molecular flexibility index (Phi) is 5.28. The van der Waals surface area contributed by atoms with Gasteiger partial charge in [-0.05, 0) is 48.4 Å². The number of β-lactam (4-membered cyclic amide) rings is 1. The summed E-state index contributed by atoms with van der Waals surface area (Å²) in [6.07, 6.45) is 1.22. The maximum atomic E-state index is 13.1. The normalized spacial score (nSPS) is 17.9. The SMILES string of the molecule is Cc1cc(Cl)[nH]c2ccc3c(=O)c(C(=O)NN4C(=O)C(Cl)C4c4ccc(Cl)cc4)cnc3c12. The first-order valence-electron chi connectivity index (χ1n) is 9.90. The topological polar surface area (TPSA) is 95.2 Å². The van der Waals surface area contributed by atoms with Crippen molar-refractivity contribution in [2.45, 2.75) is 18.3 Å². The van der Waals surface area contributed by atoms with Gasteiger partial charge in [0.25, 0.3) is 11.8 Å². The molecule has 7 nitrogen and oxygen atoms in total. The molecule has 0 saturated carbocycles. The maximum absolute atomic E-state index is 13.1. The lowest BCUT2D eigenvalue weighted by Crippen LogP contribution is -2.63. The van der Waals surface area contributed by atoms with E-state index in [9.17, 15) is 14.4 Å². The van der Waals surface area contributed by atoms with E-state index >= 15 is 0 Å². The van der Waals surface area contributed by atoms with Gasteiger partial charge in [-0.15, -0.1) is 11.6 Å². The molecule has 0 spiro atoms. The van der Waals surface area contributed by atoms with Crippen LogP contribution in [-0.4, -0.2) is 32.2 Å². The van der Waals surface area contributed by atoms with Crippen molar-refractivity contribution < 1.29 is 9.59 Å². The molecule has 4 aromatic rings. The van der Waals surface area contributed by atoms with E-state index in [1.54, 1.807) is 42.5 Å². The molecule has 1 aliphatic rings. The van der Waals surface area contributed by atoms with E-state index in [1.165, 1.54) is 6.20 Å². The Morgan fingerprint density at radius 2 is 1.85 bits per heavy atom. The van der Waals surface area contributed by atoms with Crippen LogP contribution in [-0.2, 0) is 4.79 Å². The maximum Gasteiger partial charge on any atom is 0.275 e. The smallest absolute Gasteiger partial charge is 0.275 e. The molecule has 2 amide bonds. The van der Waals surface area contributed by atoms with E-state index < -0.39 is 28.7 Å². The number of amides is 2. The zero-order chi connectivity index (χ0) is 23.4. The third kappa shape index (κ3) is 3.53. The first kappa shape index (κ1) is 21.7. The molecule has 1 aliphatic heterocycles. The molecule has 166 valence electrons. The predicted octanol–water partition coefficient (Wildman–Crippen LogP) is 4.53. The summed E-state index contributed by atoms with van der Waals surface area (Å²) >= 11 is 18.2. The molecule has 0 radical (unpaired) electrons. The van der Waals surface area contributed by atoms with Gasteiger partial charge in [0.05, 0.1) is 5.52 Å². The molecular weight excluding hydrogens is 487 g/mol. The standard InChI is InChI=1S/C23H15Cl3N4O3/c1-10-8-16(25)28-15-7-6-13-19(17(10)15)27-9-14(21(13)31)22(32)29-30-20(18(26)23(30)33)11-2-4-12(24)5-3-11/h2-9,18,20,28H,1H3,(H,29,32). The number of aryl methyl sites for hydroxylation is 1. The van der Waals surface area contributed by atoms with Crippen molar-refractivity contribution in [2.24, 2.45) is 0 Å². The number of fused-ring (bicyclic) bond motifs is 3. The van der Waals surface area contributed by atoms with Crippen LogP contribution in [0.1, 0.15) is 27.5 Å². The number of carbonyl (C=O) groups is 2. The number of carbonyl (C=O) groups excluding carboxylic acids is 2. The van der Waals surface area contributed by atoms with Crippen LogP contribution in [0, 0.1) is 6.92 Å². The molecule has 5 rings (SSSR count). The fourth-order valence-electron chi connectivity index (χ4n) is 4.06. The van der Waals surface area contributed by atoms with Gasteiger partial charge in [0.15, 0.2) is 0 Å². The Bertz CT molecular complexity index is 1520. The number of hydrazine groups is 1. The molecule has 2 atom stereocenters. The van der Waals surface area contributed by atoms with Crippen LogP contribution < -0.4 is 10.9 Å². The first-order valence-corrected chi connectivity index (χ1v) is 11.1. The number of pyridine rings is 2. The summed E-state index contributed by atoms with van der Waals surface area (Å²) < 4.78 is 0. The number of nitrogens with one attached hydrogen (secondary N) is 2. The number of benzene rings is 2. The molecule has 2 unspecified atom stereocenters. The second-order valence-corrected chi connectivity index (χ2v) is 9.05. The minimum Gasteiger partial charge on any atom is -0.346 e. The largest absolute Gasteiger partial charge is 0.346 e. The van der Waals surface area contributed by atoms with E-state index in [0.717, 1.165) is 21.5 Å². The third-order valence-corrected chi connectivity index (χ3v) is 6.57. The molecule has 0 aliphatic carbocycles. The Balaban J connectivity index is 1.50. The molecule has 0 bridgehead atoms. The quantitative estimate of drug-likeness (QED) is 0.187. The molecule has 2 aromatic carbocycles. The first-order chi connectivity index (χ1) is 15.8. The fraction of sp³-hybridized carbons (Fsp3) is 0.130. The van der Waals surface area contributed by atoms with E-state index in [4.69, 9.17) is 34.8 Å². The Morgan fingerprint density at radius 3 is 2.58 bits per heavy atom. The van der Waals surface area contributed by atoms with Crippen LogP contribution in [0.25, 0.3) is 21.8 Å². The molecule has 1 saturated heterocycles. The number of halogens is 3. The summed E-state index contributed by atoms with van der Waals surface area (Å²) in [7, 11) is 0. The molecule has 33 heavy (non-hydrogen) atoms. The Morgan fingerprint density at radius 1 is 1.12 bits per heavy atom. The van der Waals surface area contributed by atoms with Crippen LogP contribution in [0.15, 0.2) is 53.5 Å². The number of rotatable bonds is 3. The van der Waals surface area contributed by atoms with E-state index in [-0.39, 0.29) is 10.9 Å². The van der Waals surface area contributed by atoms with Gasteiger partial charge in [-0.2, -0.15) is 0 Å². The number of H-pyrrole nitrogens is 1. The van der Waals surface area contributed by atoms with Crippen LogP contribution in [0.5, 0.6) is 0 Å². The highest BCUT2D eigenvalue weighted by atomic mass is 35.5. The highest BCUT2D eigenvalue weighted by molar-refractivity contribution is 6.34. The van der Waals surface area contributed by atoms with Gasteiger partial charge in [0.2, 0.25) is 5.43 Å². The minimum absolute atomic E-state index is 0.182. The zero-order valence-electron chi connectivity index (χ0n) is 17.0. The van der Waals surface area contributed by atoms with Gasteiger partial charge in [0.1, 0.15) is 22.1 Å². The lowest BCUT2D eigenvalue weighted by molar-refractivity contribution is -0.149. The predicted molar refractivity (Wildman–Crippen MR) is 128 cm³/mol. The molecule has 3 heterocycles. The number of aromatic nitrogens is 2. The third-order valence-electron chi connectivity index (χ3n) is 5.69. The highest BCUT2D eigenvalue weighted by Crippen LogP contribution is 2.37. The summed E-state index contributed by atoms with van der Waals surface area (Å²) in [4.78, 5) is 45.8. The number of aromatic amines is 1. The number of nitrogens with zero attached hydrogens (tertiary/aromatic N) is 2. The number of hydrogen-bond donors (Lipinski definition) is 2. The van der Waals surface area contributed by atoms with Crippen molar-refractivity contribution in [1.82, 2.24) is 20.4 Å². The van der Waals surface area contributed by atoms with Crippen LogP contribution in [0.4, 0.5) is 0 Å². The van der Waals surface area contributed by atoms with Gasteiger partial charge in [-0.3, -0.25) is 24.8 Å². The van der Waals surface area contributed by atoms with Crippen molar-refractivity contribution in [3.63, 3.8) is 0 Å². The van der Waals surface area contributed by atoms with Gasteiger partial charge in [0, 0.05) is 27.5 Å². The summed E-state index contributed by atoms with van der Waals surface area (Å²) in [5.74, 6) is -1.22. The molecular formula is C23H15Cl3N4O3. The molecule has 1 fully saturated rings. The lowest BCUT2D eigenvalue weighted by Gasteiger charge is -2.43. The summed E-state index contributed by atoms with van der Waals surface area (Å²) in [5, 5.41) is 2.30. The average Bonchev–Trinajstić information content (AvgIpc) is 2.79. The van der Waals surface area contributed by atoms with Crippen molar-refractivity contribution in [2.75, 3.05) is 0 Å². The fourth-order valence-corrected chi connectivity index (χ4v) is 4.81. The van der Waals surface area contributed by atoms with Gasteiger partial charge in [-0.25, -0.2) is 5.01 Å². The molecule has 2 aromatic heterocycles. The molecule has 2 N–H and O–H groups in total. The van der Waals surface area contributed by atoms with E-state index in [2.05, 4.69) is 15.4 Å². The van der Waals surface area contributed by atoms with Crippen LogP contribution in [0.3, 0.4) is 0 Å². The monoisotopic (exact) mass is 500 g/mol. The van der Waals surface area contributed by atoms with Gasteiger partial charge in [-0.1, -0.05) is 35.3 Å². The van der Waals surface area contributed by atoms with Crippen molar-refractivity contribution in [3.8, 4) is 0 Å². The number of hydrogen-bond acceptors (Lipinski definition) is 4.